The average Bonchev–Trinajstić information content (AvgIpc) is 3.25. The fourth-order valence-corrected chi connectivity index (χ4v) is 4.05. The topological polar surface area (TPSA) is 88.3 Å². The van der Waals surface area contributed by atoms with E-state index in [1.807, 2.05) is 65.3 Å². The van der Waals surface area contributed by atoms with Gasteiger partial charge in [0.15, 0.2) is 0 Å². The molecule has 2 aromatic heterocycles. The molecule has 0 bridgehead atoms. The fourth-order valence-electron chi connectivity index (χ4n) is 4.05. The summed E-state index contributed by atoms with van der Waals surface area (Å²) in [7, 11) is 1.97. The van der Waals surface area contributed by atoms with Gasteiger partial charge in [0.25, 0.3) is 12.4 Å². The molecule has 1 aliphatic carbocycles. The number of aromatic nitrogens is 3. The van der Waals surface area contributed by atoms with Gasteiger partial charge in [0.05, 0.1) is 0 Å². The number of benzene rings is 1. The van der Waals surface area contributed by atoms with E-state index < -0.39 is 0 Å². The predicted molar refractivity (Wildman–Crippen MR) is 118 cm³/mol. The first kappa shape index (κ1) is 22.2. The van der Waals surface area contributed by atoms with Gasteiger partial charge in [0.2, 0.25) is 0 Å². The summed E-state index contributed by atoms with van der Waals surface area (Å²) < 4.78 is 1.97. The van der Waals surface area contributed by atoms with Crippen LogP contribution in [0.5, 0.6) is 0 Å². The number of pyridine rings is 1. The molecule has 1 aromatic carbocycles. The van der Waals surface area contributed by atoms with E-state index >= 15 is 0 Å². The van der Waals surface area contributed by atoms with Crippen molar-refractivity contribution in [3.8, 4) is 11.4 Å². The molecule has 4 rings (SSSR count). The van der Waals surface area contributed by atoms with Crippen LogP contribution in [0.2, 0.25) is 0 Å². The first-order valence-electron chi connectivity index (χ1n) is 10.5. The summed E-state index contributed by atoms with van der Waals surface area (Å²) >= 11 is 0. The number of hydrogen-bond acceptors (Lipinski definition) is 4. The molecular formula is C24H28N4O3. The van der Waals surface area contributed by atoms with Crippen LogP contribution in [0.15, 0.2) is 61.2 Å². The van der Waals surface area contributed by atoms with Gasteiger partial charge in [0, 0.05) is 55.5 Å². The van der Waals surface area contributed by atoms with Crippen molar-refractivity contribution in [2.45, 2.75) is 44.7 Å². The normalized spacial score (nSPS) is 13.7. The highest BCUT2D eigenvalue weighted by molar-refractivity contribution is 5.95. The number of carbonyl (C=O) groups is 2. The lowest BCUT2D eigenvalue weighted by Crippen LogP contribution is -2.41. The number of imidazole rings is 1. The summed E-state index contributed by atoms with van der Waals surface area (Å²) in [4.78, 5) is 32.6. The fraction of sp³-hybridized carbons (Fsp3) is 0.333. The molecule has 1 N–H and O–H groups in total. The summed E-state index contributed by atoms with van der Waals surface area (Å²) in [5.74, 6) is 0.956. The van der Waals surface area contributed by atoms with Crippen molar-refractivity contribution < 1.29 is 14.7 Å². The summed E-state index contributed by atoms with van der Waals surface area (Å²) in [5.41, 5.74) is 2.75. The van der Waals surface area contributed by atoms with E-state index in [1.165, 1.54) is 19.3 Å². The van der Waals surface area contributed by atoms with Crippen LogP contribution in [0, 0.1) is 0 Å². The minimum absolute atomic E-state index is 0.0896. The minimum Gasteiger partial charge on any atom is -0.483 e. The molecule has 0 spiro atoms. The third-order valence-corrected chi connectivity index (χ3v) is 5.54. The molecule has 1 amide bonds. The molecule has 7 heteroatoms. The lowest BCUT2D eigenvalue weighted by molar-refractivity contribution is -0.122. The highest BCUT2D eigenvalue weighted by Gasteiger charge is 2.26. The predicted octanol–water partition coefficient (Wildman–Crippen LogP) is 4.16. The third-order valence-electron chi connectivity index (χ3n) is 5.54. The van der Waals surface area contributed by atoms with Gasteiger partial charge in [-0.25, -0.2) is 4.98 Å². The summed E-state index contributed by atoms with van der Waals surface area (Å²) in [6.45, 7) is 0.351. The molecule has 3 aromatic rings. The van der Waals surface area contributed by atoms with Crippen LogP contribution in [0.4, 0.5) is 0 Å². The Morgan fingerprint density at radius 1 is 1.19 bits per heavy atom. The van der Waals surface area contributed by atoms with Crippen molar-refractivity contribution in [1.29, 1.82) is 0 Å². The average molecular weight is 421 g/mol. The monoisotopic (exact) mass is 420 g/mol. The second-order valence-electron chi connectivity index (χ2n) is 7.63. The van der Waals surface area contributed by atoms with Crippen LogP contribution in [-0.2, 0) is 18.4 Å². The zero-order valence-electron chi connectivity index (χ0n) is 17.7. The molecule has 1 aliphatic rings. The molecule has 162 valence electrons. The van der Waals surface area contributed by atoms with E-state index in [-0.39, 0.29) is 12.4 Å². The summed E-state index contributed by atoms with van der Waals surface area (Å²) in [6.07, 6.45) is 13.1. The van der Waals surface area contributed by atoms with Gasteiger partial charge < -0.3 is 14.6 Å². The SMILES string of the molecule is Cn1ccnc1-c1cccc(C(=O)N(Cc2cccnc2)C2CCCCC2)c1.O=CO. The lowest BCUT2D eigenvalue weighted by Gasteiger charge is -2.34. The van der Waals surface area contributed by atoms with E-state index in [0.717, 1.165) is 35.4 Å². The standard InChI is InChI=1S/C23H26N4O.CH2O2/c1-26-14-13-25-22(26)19-8-5-9-20(15-19)23(28)27(21-10-3-2-4-11-21)17-18-7-6-12-24-16-18;2-1-3/h5-9,12-16,21H,2-4,10-11,17H2,1H3;1H,(H,2,3). The van der Waals surface area contributed by atoms with Crippen molar-refractivity contribution >= 4 is 12.4 Å². The van der Waals surface area contributed by atoms with E-state index in [4.69, 9.17) is 9.90 Å². The van der Waals surface area contributed by atoms with Crippen molar-refractivity contribution in [1.82, 2.24) is 19.4 Å². The first-order chi connectivity index (χ1) is 15.1. The largest absolute Gasteiger partial charge is 0.483 e. The van der Waals surface area contributed by atoms with Gasteiger partial charge in [-0.2, -0.15) is 0 Å². The summed E-state index contributed by atoms with van der Waals surface area (Å²) in [5, 5.41) is 6.89. The highest BCUT2D eigenvalue weighted by Crippen LogP contribution is 2.27. The molecule has 0 radical (unpaired) electrons. The number of carboxylic acid groups (broad SMARTS) is 1. The maximum Gasteiger partial charge on any atom is 0.290 e. The van der Waals surface area contributed by atoms with Crippen molar-refractivity contribution in [2.24, 2.45) is 7.05 Å². The van der Waals surface area contributed by atoms with Crippen LogP contribution in [0.1, 0.15) is 48.0 Å². The Morgan fingerprint density at radius 3 is 2.61 bits per heavy atom. The molecule has 7 nitrogen and oxygen atoms in total. The number of aryl methyl sites for hydroxylation is 1. The van der Waals surface area contributed by atoms with Crippen LogP contribution in [-0.4, -0.2) is 43.0 Å². The molecule has 1 fully saturated rings. The van der Waals surface area contributed by atoms with Gasteiger partial charge in [0.1, 0.15) is 5.82 Å². The number of hydrogen-bond donors (Lipinski definition) is 1. The van der Waals surface area contributed by atoms with Gasteiger partial charge in [-0.1, -0.05) is 37.5 Å². The third kappa shape index (κ3) is 5.78. The molecule has 0 aliphatic heterocycles. The Morgan fingerprint density at radius 2 is 1.97 bits per heavy atom. The first-order valence-corrected chi connectivity index (χ1v) is 10.5. The molecule has 0 saturated heterocycles. The lowest BCUT2D eigenvalue weighted by atomic mass is 9.93. The van der Waals surface area contributed by atoms with Gasteiger partial charge >= 0.3 is 0 Å². The second kappa shape index (κ2) is 11.1. The van der Waals surface area contributed by atoms with E-state index in [0.29, 0.717) is 12.6 Å². The van der Waals surface area contributed by atoms with Gasteiger partial charge in [-0.3, -0.25) is 14.6 Å². The second-order valence-corrected chi connectivity index (χ2v) is 7.63. The van der Waals surface area contributed by atoms with Crippen LogP contribution in [0.25, 0.3) is 11.4 Å². The van der Waals surface area contributed by atoms with E-state index in [2.05, 4.69) is 9.97 Å². The number of carbonyl (C=O) groups excluding carboxylic acids is 1. The Balaban J connectivity index is 0.000000858. The molecule has 0 unspecified atom stereocenters. The Hall–Kier alpha value is -3.48. The van der Waals surface area contributed by atoms with E-state index in [9.17, 15) is 4.79 Å². The molecule has 2 heterocycles. The maximum atomic E-state index is 13.5. The van der Waals surface area contributed by atoms with Crippen molar-refractivity contribution in [3.05, 3.63) is 72.3 Å². The zero-order valence-corrected chi connectivity index (χ0v) is 17.7. The number of rotatable bonds is 5. The highest BCUT2D eigenvalue weighted by atomic mass is 16.3. The molecule has 0 atom stereocenters. The maximum absolute atomic E-state index is 13.5. The summed E-state index contributed by atoms with van der Waals surface area (Å²) in [6, 6.07) is 12.1. The van der Waals surface area contributed by atoms with E-state index in [1.54, 1.807) is 12.4 Å². The van der Waals surface area contributed by atoms with Crippen LogP contribution < -0.4 is 0 Å². The Kier molecular flexibility index (Phi) is 7.92. The van der Waals surface area contributed by atoms with Crippen LogP contribution >= 0.6 is 0 Å². The van der Waals surface area contributed by atoms with Crippen LogP contribution in [0.3, 0.4) is 0 Å². The Labute approximate surface area is 182 Å². The zero-order chi connectivity index (χ0) is 22.1. The quantitative estimate of drug-likeness (QED) is 0.626. The van der Waals surface area contributed by atoms with Gasteiger partial charge in [-0.15, -0.1) is 0 Å². The van der Waals surface area contributed by atoms with Crippen molar-refractivity contribution in [3.63, 3.8) is 0 Å². The molecular weight excluding hydrogens is 392 g/mol. The Bertz CT molecular complexity index is 981. The van der Waals surface area contributed by atoms with Crippen molar-refractivity contribution in [2.75, 3.05) is 0 Å². The molecule has 1 saturated carbocycles. The number of nitrogens with zero attached hydrogens (tertiary/aromatic N) is 4. The van der Waals surface area contributed by atoms with Gasteiger partial charge in [-0.05, 0) is 36.6 Å². The number of amides is 1. The molecule has 31 heavy (non-hydrogen) atoms. The smallest absolute Gasteiger partial charge is 0.290 e. The minimum atomic E-state index is -0.250.